The highest BCUT2D eigenvalue weighted by Gasteiger charge is 2.27. The Morgan fingerprint density at radius 3 is 2.24 bits per heavy atom. The van der Waals surface area contributed by atoms with Gasteiger partial charge in [-0.05, 0) is 12.5 Å². The summed E-state index contributed by atoms with van der Waals surface area (Å²) in [7, 11) is 6.09. The molecule has 0 unspecified atom stereocenters. The quantitative estimate of drug-likeness (QED) is 0.324. The summed E-state index contributed by atoms with van der Waals surface area (Å²) < 4.78 is 28.2. The van der Waals surface area contributed by atoms with Crippen LogP contribution in [-0.4, -0.2) is 76.8 Å². The van der Waals surface area contributed by atoms with Crippen molar-refractivity contribution >= 4 is 18.0 Å². The van der Waals surface area contributed by atoms with Crippen molar-refractivity contribution in [3.05, 3.63) is 0 Å². The van der Waals surface area contributed by atoms with Crippen molar-refractivity contribution in [2.24, 2.45) is 0 Å². The summed E-state index contributed by atoms with van der Waals surface area (Å²) >= 11 is 0. The molecule has 5 nitrogen and oxygen atoms in total. The topological polar surface area (TPSA) is 44.8 Å². The van der Waals surface area contributed by atoms with Crippen LogP contribution in [0.2, 0.25) is 6.04 Å². The second kappa shape index (κ2) is 9.06. The minimum Gasteiger partial charge on any atom is -0.397 e. The van der Waals surface area contributed by atoms with Crippen LogP contribution < -0.4 is 0 Å². The highest BCUT2D eigenvalue weighted by atomic mass is 28.3. The van der Waals surface area contributed by atoms with E-state index < -0.39 is 18.0 Å². The van der Waals surface area contributed by atoms with Gasteiger partial charge < -0.3 is 22.5 Å². The van der Waals surface area contributed by atoms with Gasteiger partial charge in [0.15, 0.2) is 0 Å². The Morgan fingerprint density at radius 2 is 1.76 bits per heavy atom. The number of ether oxygens (including phenoxy) is 1. The van der Waals surface area contributed by atoms with Crippen LogP contribution in [0.15, 0.2) is 0 Å². The SMILES string of the molecule is COCCC[Si](=O)C[N+](C)(C)C[SiH](OC)OC. The number of methoxy groups -OCH3 is 1. The molecule has 0 radical (unpaired) electrons. The van der Waals surface area contributed by atoms with Crippen LogP contribution in [0.5, 0.6) is 0 Å². The molecule has 0 rings (SSSR count). The maximum absolute atomic E-state index is 11.9. The molecule has 0 N–H and O–H groups in total. The van der Waals surface area contributed by atoms with Crippen molar-refractivity contribution in [1.29, 1.82) is 0 Å². The van der Waals surface area contributed by atoms with Gasteiger partial charge in [0, 0.05) is 27.9 Å². The minimum atomic E-state index is -1.58. The molecule has 0 aliphatic rings. The molecule has 0 aromatic heterocycles. The Morgan fingerprint density at radius 1 is 1.18 bits per heavy atom. The van der Waals surface area contributed by atoms with E-state index in [9.17, 15) is 4.46 Å². The molecule has 0 bridgehead atoms. The molecule has 0 aliphatic carbocycles. The highest BCUT2D eigenvalue weighted by Crippen LogP contribution is 2.03. The largest absolute Gasteiger partial charge is 0.397 e. The van der Waals surface area contributed by atoms with Gasteiger partial charge in [-0.2, -0.15) is 0 Å². The fraction of sp³-hybridized carbons (Fsp3) is 1.00. The van der Waals surface area contributed by atoms with Crippen LogP contribution in [0.1, 0.15) is 6.42 Å². The Labute approximate surface area is 108 Å². The average Bonchev–Trinajstić information content (AvgIpc) is 2.25. The molecule has 0 spiro atoms. The Bertz CT molecular complexity index is 222. The van der Waals surface area contributed by atoms with Crippen LogP contribution >= 0.6 is 0 Å². The number of rotatable bonds is 10. The lowest BCUT2D eigenvalue weighted by atomic mass is 10.5. The van der Waals surface area contributed by atoms with E-state index in [2.05, 4.69) is 14.1 Å². The molecule has 0 amide bonds. The zero-order valence-corrected chi connectivity index (χ0v) is 13.8. The van der Waals surface area contributed by atoms with E-state index in [0.717, 1.165) is 18.6 Å². The molecule has 0 saturated carbocycles. The second-order valence-corrected chi connectivity index (χ2v) is 8.87. The molecule has 0 aromatic rings. The fourth-order valence-electron chi connectivity index (χ4n) is 1.68. The van der Waals surface area contributed by atoms with Gasteiger partial charge in [0.2, 0.25) is 0 Å². The van der Waals surface area contributed by atoms with Crippen molar-refractivity contribution in [1.82, 2.24) is 0 Å². The molecule has 17 heavy (non-hydrogen) atoms. The minimum absolute atomic E-state index is 0.692. The van der Waals surface area contributed by atoms with Gasteiger partial charge in [0.05, 0.1) is 14.1 Å². The monoisotopic (exact) mass is 280 g/mol. The molecular weight excluding hydrogens is 254 g/mol. The zero-order valence-electron chi connectivity index (χ0n) is 11.7. The van der Waals surface area contributed by atoms with Gasteiger partial charge >= 0.3 is 18.0 Å². The summed E-state index contributed by atoms with van der Waals surface area (Å²) in [5, 5.41) is 0. The average molecular weight is 280 g/mol. The van der Waals surface area contributed by atoms with Gasteiger partial charge in [0.1, 0.15) is 12.3 Å². The smallest absolute Gasteiger partial charge is 0.379 e. The molecule has 102 valence electrons. The number of hydrogen-bond acceptors (Lipinski definition) is 4. The predicted octanol–water partition coefficient (Wildman–Crippen LogP) is 0.113. The lowest BCUT2D eigenvalue weighted by molar-refractivity contribution is -0.871. The maximum Gasteiger partial charge on any atom is 0.379 e. The van der Waals surface area contributed by atoms with Gasteiger partial charge in [0.25, 0.3) is 0 Å². The van der Waals surface area contributed by atoms with Gasteiger partial charge in [-0.25, -0.2) is 0 Å². The first-order valence-electron chi connectivity index (χ1n) is 5.83. The summed E-state index contributed by atoms with van der Waals surface area (Å²) in [4.78, 5) is 0. The molecule has 0 fully saturated rings. The van der Waals surface area contributed by atoms with Crippen LogP contribution in [0, 0.1) is 0 Å². The molecule has 0 atom stereocenters. The van der Waals surface area contributed by atoms with Crippen molar-refractivity contribution in [3.63, 3.8) is 0 Å². The molecule has 0 aliphatic heterocycles. The van der Waals surface area contributed by atoms with Crippen LogP contribution in [0.3, 0.4) is 0 Å². The first-order chi connectivity index (χ1) is 7.95. The fourth-order valence-corrected chi connectivity index (χ4v) is 5.15. The first-order valence-corrected chi connectivity index (χ1v) is 9.41. The Hall–Kier alpha value is 0.0738. The molecular formula is C10H26NO4Si2+. The summed E-state index contributed by atoms with van der Waals surface area (Å²) in [5.74, 6) is 0. The van der Waals surface area contributed by atoms with E-state index in [4.69, 9.17) is 13.6 Å². The lowest BCUT2D eigenvalue weighted by Gasteiger charge is -2.30. The normalized spacial score (nSPS) is 12.1. The van der Waals surface area contributed by atoms with Crippen molar-refractivity contribution in [2.45, 2.75) is 12.5 Å². The van der Waals surface area contributed by atoms with E-state index in [1.807, 2.05) is 0 Å². The highest BCUT2D eigenvalue weighted by molar-refractivity contribution is 6.44. The van der Waals surface area contributed by atoms with Crippen LogP contribution in [-0.2, 0) is 18.1 Å². The Balaban J connectivity index is 4.01. The molecule has 0 aromatic carbocycles. The van der Waals surface area contributed by atoms with Crippen molar-refractivity contribution in [3.8, 4) is 0 Å². The van der Waals surface area contributed by atoms with E-state index in [0.29, 0.717) is 17.3 Å². The van der Waals surface area contributed by atoms with E-state index in [-0.39, 0.29) is 0 Å². The summed E-state index contributed by atoms with van der Waals surface area (Å²) in [5.41, 5.74) is 0. The third-order valence-corrected chi connectivity index (χ3v) is 7.04. The third kappa shape index (κ3) is 8.75. The first kappa shape index (κ1) is 17.1. The standard InChI is InChI=1S/C10H26NO4Si2/c1-11(2,10-17(14-4)15-5)9-16(12)8-6-7-13-3/h17H,6-10H2,1-5H3/q+1. The van der Waals surface area contributed by atoms with Crippen LogP contribution in [0.25, 0.3) is 0 Å². The summed E-state index contributed by atoms with van der Waals surface area (Å²) in [6.07, 6.45) is 2.43. The van der Waals surface area contributed by atoms with E-state index in [1.165, 1.54) is 0 Å². The third-order valence-electron chi connectivity index (χ3n) is 2.58. The second-order valence-electron chi connectivity index (χ2n) is 4.81. The zero-order chi connectivity index (χ0) is 13.3. The van der Waals surface area contributed by atoms with Crippen molar-refractivity contribution in [2.75, 3.05) is 54.4 Å². The number of hydrogen-bond donors (Lipinski definition) is 0. The van der Waals surface area contributed by atoms with Gasteiger partial charge in [-0.15, -0.1) is 0 Å². The lowest BCUT2D eigenvalue weighted by Crippen LogP contribution is -2.51. The van der Waals surface area contributed by atoms with Gasteiger partial charge in [-0.1, -0.05) is 0 Å². The van der Waals surface area contributed by atoms with E-state index >= 15 is 0 Å². The predicted molar refractivity (Wildman–Crippen MR) is 70.7 cm³/mol. The molecule has 0 saturated heterocycles. The summed E-state index contributed by atoms with van der Waals surface area (Å²) in [6.45, 7) is 0.692. The molecule has 7 heteroatoms. The van der Waals surface area contributed by atoms with Gasteiger partial charge in [-0.3, -0.25) is 0 Å². The van der Waals surface area contributed by atoms with Crippen molar-refractivity contribution < 1.29 is 22.5 Å². The number of nitrogens with zero attached hydrogens (tertiary/aromatic N) is 1. The molecule has 0 heterocycles. The van der Waals surface area contributed by atoms with Crippen LogP contribution in [0.4, 0.5) is 0 Å². The Kier molecular flexibility index (Phi) is 9.10. The summed E-state index contributed by atoms with van der Waals surface area (Å²) in [6, 6.07) is 0.770. The number of quaternary nitrogens is 1. The van der Waals surface area contributed by atoms with E-state index in [1.54, 1.807) is 21.3 Å². The maximum atomic E-state index is 11.9.